The lowest BCUT2D eigenvalue weighted by atomic mass is 10.1. The second-order valence-electron chi connectivity index (χ2n) is 8.32. The number of sulfonamides is 2. The minimum atomic E-state index is -4.13. The molecule has 0 unspecified atom stereocenters. The third-order valence-corrected chi connectivity index (χ3v) is 9.12. The van der Waals surface area contributed by atoms with Gasteiger partial charge in [-0.3, -0.25) is 4.79 Å². The van der Waals surface area contributed by atoms with Crippen molar-refractivity contribution in [1.29, 1.82) is 0 Å². The van der Waals surface area contributed by atoms with Gasteiger partial charge < -0.3 is 14.8 Å². The summed E-state index contributed by atoms with van der Waals surface area (Å²) in [6, 6.07) is 17.8. The molecule has 3 aromatic rings. The van der Waals surface area contributed by atoms with Gasteiger partial charge >= 0.3 is 0 Å². The summed E-state index contributed by atoms with van der Waals surface area (Å²) in [4.78, 5) is 13.0. The van der Waals surface area contributed by atoms with Crippen LogP contribution in [-0.2, 0) is 31.3 Å². The van der Waals surface area contributed by atoms with E-state index >= 15 is 0 Å². The lowest BCUT2D eigenvalue weighted by Gasteiger charge is -2.23. The monoisotopic (exact) mass is 561 g/mol. The molecule has 38 heavy (non-hydrogen) atoms. The summed E-state index contributed by atoms with van der Waals surface area (Å²) in [5, 5.41) is 2.66. The number of ether oxygens (including phenoxy) is 2. The van der Waals surface area contributed by atoms with Crippen LogP contribution in [0.2, 0.25) is 0 Å². The average Bonchev–Trinajstić information content (AvgIpc) is 2.92. The molecule has 10 nitrogen and oxygen atoms in total. The molecule has 0 bridgehead atoms. The first kappa shape index (κ1) is 29.1. The zero-order valence-corrected chi connectivity index (χ0v) is 23.2. The van der Waals surface area contributed by atoms with Gasteiger partial charge in [-0.25, -0.2) is 21.6 Å². The van der Waals surface area contributed by atoms with E-state index in [1.54, 1.807) is 13.0 Å². The van der Waals surface area contributed by atoms with E-state index in [2.05, 4.69) is 10.0 Å². The van der Waals surface area contributed by atoms with E-state index in [4.69, 9.17) is 9.47 Å². The maximum Gasteiger partial charge on any atom is 0.243 e. The summed E-state index contributed by atoms with van der Waals surface area (Å²) < 4.78 is 65.5. The number of nitrogens with one attached hydrogen (secondary N) is 2. The standard InChI is InChI=1S/C26H31N3O7S2/c1-19-10-11-21(37(31,32)27-2)16-23(19)28-26(30)18-29(15-14-20-8-6-5-7-9-20)38(33,34)22-12-13-24(35-3)25(17-22)36-4/h5-13,16-17,27H,14-15,18H2,1-4H3,(H,28,30). The highest BCUT2D eigenvalue weighted by atomic mass is 32.2. The van der Waals surface area contributed by atoms with E-state index in [1.807, 2.05) is 30.3 Å². The first-order valence-corrected chi connectivity index (χ1v) is 14.5. The van der Waals surface area contributed by atoms with E-state index < -0.39 is 32.5 Å². The number of benzene rings is 3. The Bertz CT molecular complexity index is 1490. The number of anilines is 1. The number of carbonyl (C=O) groups excluding carboxylic acids is 1. The summed E-state index contributed by atoms with van der Waals surface area (Å²) in [6.45, 7) is 1.24. The van der Waals surface area contributed by atoms with Gasteiger partial charge in [0.25, 0.3) is 0 Å². The Morgan fingerprint density at radius 1 is 0.868 bits per heavy atom. The Balaban J connectivity index is 1.91. The average molecular weight is 562 g/mol. The van der Waals surface area contributed by atoms with Crippen molar-refractivity contribution in [2.75, 3.05) is 39.7 Å². The Labute approximate surface area is 223 Å². The van der Waals surface area contributed by atoms with Crippen LogP contribution in [0.5, 0.6) is 11.5 Å². The highest BCUT2D eigenvalue weighted by Gasteiger charge is 2.28. The number of carbonyl (C=O) groups is 1. The van der Waals surface area contributed by atoms with E-state index in [0.29, 0.717) is 17.7 Å². The van der Waals surface area contributed by atoms with Gasteiger partial charge in [-0.2, -0.15) is 4.31 Å². The SMILES string of the molecule is CNS(=O)(=O)c1ccc(C)c(NC(=O)CN(CCc2ccccc2)S(=O)(=O)c2ccc(OC)c(OC)c2)c1. The molecule has 2 N–H and O–H groups in total. The lowest BCUT2D eigenvalue weighted by Crippen LogP contribution is -2.39. The van der Waals surface area contributed by atoms with Crippen molar-refractivity contribution in [1.82, 2.24) is 9.03 Å². The molecule has 204 valence electrons. The smallest absolute Gasteiger partial charge is 0.243 e. The van der Waals surface area contributed by atoms with Crippen molar-refractivity contribution in [2.24, 2.45) is 0 Å². The molecule has 0 atom stereocenters. The van der Waals surface area contributed by atoms with Crippen LogP contribution in [0.15, 0.2) is 76.5 Å². The fraction of sp³-hybridized carbons (Fsp3) is 0.269. The highest BCUT2D eigenvalue weighted by molar-refractivity contribution is 7.89. The zero-order valence-electron chi connectivity index (χ0n) is 21.6. The van der Waals surface area contributed by atoms with E-state index in [-0.39, 0.29) is 27.8 Å². The fourth-order valence-electron chi connectivity index (χ4n) is 3.68. The number of hydrogen-bond donors (Lipinski definition) is 2. The molecule has 0 saturated heterocycles. The molecule has 0 spiro atoms. The number of nitrogens with zero attached hydrogens (tertiary/aromatic N) is 1. The van der Waals surface area contributed by atoms with Crippen molar-refractivity contribution in [3.63, 3.8) is 0 Å². The fourth-order valence-corrected chi connectivity index (χ4v) is 5.85. The number of amides is 1. The van der Waals surface area contributed by atoms with Gasteiger partial charge in [0, 0.05) is 18.3 Å². The van der Waals surface area contributed by atoms with Crippen LogP contribution in [-0.4, -0.2) is 61.4 Å². The van der Waals surface area contributed by atoms with Crippen LogP contribution in [0.1, 0.15) is 11.1 Å². The maximum absolute atomic E-state index is 13.7. The van der Waals surface area contributed by atoms with Crippen molar-refractivity contribution in [2.45, 2.75) is 23.1 Å². The third kappa shape index (κ3) is 6.90. The van der Waals surface area contributed by atoms with Crippen LogP contribution in [0, 0.1) is 6.92 Å². The molecule has 0 aliphatic rings. The van der Waals surface area contributed by atoms with Crippen molar-refractivity contribution >= 4 is 31.6 Å². The van der Waals surface area contributed by atoms with Crippen molar-refractivity contribution < 1.29 is 31.1 Å². The van der Waals surface area contributed by atoms with Gasteiger partial charge in [-0.1, -0.05) is 36.4 Å². The minimum absolute atomic E-state index is 0.0280. The molecule has 12 heteroatoms. The van der Waals surface area contributed by atoms with E-state index in [9.17, 15) is 21.6 Å². The lowest BCUT2D eigenvalue weighted by molar-refractivity contribution is -0.116. The van der Waals surface area contributed by atoms with Gasteiger partial charge in [-0.15, -0.1) is 0 Å². The Kier molecular flexibility index (Phi) is 9.50. The molecule has 1 amide bonds. The maximum atomic E-state index is 13.7. The minimum Gasteiger partial charge on any atom is -0.493 e. The zero-order chi connectivity index (χ0) is 27.9. The molecule has 0 saturated carbocycles. The second-order valence-corrected chi connectivity index (χ2v) is 12.1. The van der Waals surface area contributed by atoms with Crippen LogP contribution in [0.25, 0.3) is 0 Å². The van der Waals surface area contributed by atoms with Gasteiger partial charge in [0.05, 0.1) is 30.6 Å². The first-order valence-electron chi connectivity index (χ1n) is 11.6. The van der Waals surface area contributed by atoms with Crippen LogP contribution in [0.4, 0.5) is 5.69 Å². The van der Waals surface area contributed by atoms with Crippen molar-refractivity contribution in [3.8, 4) is 11.5 Å². The highest BCUT2D eigenvalue weighted by Crippen LogP contribution is 2.31. The normalized spacial score (nSPS) is 11.8. The Hall–Kier alpha value is -3.45. The molecular weight excluding hydrogens is 530 g/mol. The van der Waals surface area contributed by atoms with Crippen molar-refractivity contribution in [3.05, 3.63) is 77.9 Å². The van der Waals surface area contributed by atoms with Crippen LogP contribution in [0.3, 0.4) is 0 Å². The first-order chi connectivity index (χ1) is 18.0. The number of rotatable bonds is 12. The predicted molar refractivity (Wildman–Crippen MR) is 145 cm³/mol. The van der Waals surface area contributed by atoms with Gasteiger partial charge in [0.1, 0.15) is 0 Å². The second kappa shape index (κ2) is 12.4. The van der Waals surface area contributed by atoms with Gasteiger partial charge in [0.2, 0.25) is 26.0 Å². The third-order valence-electron chi connectivity index (χ3n) is 5.87. The largest absolute Gasteiger partial charge is 0.493 e. The molecule has 0 aliphatic carbocycles. The summed E-state index contributed by atoms with van der Waals surface area (Å²) in [7, 11) is -3.73. The molecular formula is C26H31N3O7S2. The number of methoxy groups -OCH3 is 2. The summed E-state index contributed by atoms with van der Waals surface area (Å²) >= 11 is 0. The van der Waals surface area contributed by atoms with E-state index in [0.717, 1.165) is 9.87 Å². The molecule has 0 heterocycles. The molecule has 3 aromatic carbocycles. The topological polar surface area (TPSA) is 131 Å². The molecule has 3 rings (SSSR count). The molecule has 0 radical (unpaired) electrons. The summed E-state index contributed by atoms with van der Waals surface area (Å²) in [6.07, 6.45) is 0.371. The van der Waals surface area contributed by atoms with Crippen LogP contribution < -0.4 is 19.5 Å². The molecule has 0 fully saturated rings. The predicted octanol–water partition coefficient (Wildman–Crippen LogP) is 2.79. The quantitative estimate of drug-likeness (QED) is 0.348. The van der Waals surface area contributed by atoms with Gasteiger partial charge in [-0.05, 0) is 55.8 Å². The van der Waals surface area contributed by atoms with Crippen LogP contribution >= 0.6 is 0 Å². The van der Waals surface area contributed by atoms with Gasteiger partial charge in [0.15, 0.2) is 11.5 Å². The number of hydrogen-bond acceptors (Lipinski definition) is 7. The summed E-state index contributed by atoms with van der Waals surface area (Å²) in [5.74, 6) is -0.0182. The Morgan fingerprint density at radius 2 is 1.53 bits per heavy atom. The molecule has 0 aliphatic heterocycles. The molecule has 0 aromatic heterocycles. The number of aryl methyl sites for hydroxylation is 1. The Morgan fingerprint density at radius 3 is 2.16 bits per heavy atom. The summed E-state index contributed by atoms with van der Waals surface area (Å²) in [5.41, 5.74) is 1.78. The van der Waals surface area contributed by atoms with E-state index in [1.165, 1.54) is 51.6 Å².